The summed E-state index contributed by atoms with van der Waals surface area (Å²) < 4.78 is 25.7. The predicted molar refractivity (Wildman–Crippen MR) is 103 cm³/mol. The fourth-order valence-electron chi connectivity index (χ4n) is 2.36. The molecule has 0 unspecified atom stereocenters. The zero-order valence-corrected chi connectivity index (χ0v) is 18.4. The molecule has 0 amide bonds. The van der Waals surface area contributed by atoms with Gasteiger partial charge in [-0.2, -0.15) is 0 Å². The Labute approximate surface area is 149 Å². The van der Waals surface area contributed by atoms with Crippen molar-refractivity contribution in [3.05, 3.63) is 60.7 Å². The first kappa shape index (κ1) is 18.0. The Kier molecular flexibility index (Phi) is 5.37. The van der Waals surface area contributed by atoms with Crippen LogP contribution in [-0.2, 0) is 16.5 Å². The van der Waals surface area contributed by atoms with Crippen molar-refractivity contribution in [2.45, 2.75) is 26.2 Å². The molecule has 4 nitrogen and oxygen atoms in total. The van der Waals surface area contributed by atoms with Crippen LogP contribution in [0.1, 0.15) is 0 Å². The van der Waals surface area contributed by atoms with Gasteiger partial charge in [0, 0.05) is 0 Å². The summed E-state index contributed by atoms with van der Waals surface area (Å²) in [5.41, 5.74) is 0. The van der Waals surface area contributed by atoms with Crippen molar-refractivity contribution < 1.29 is 16.5 Å². The van der Waals surface area contributed by atoms with E-state index in [1.165, 1.54) is 0 Å². The SMILES string of the molecule is C[Si]1(C)O[Si](c2ccccc2)O[Si](C)(C)O[Si](c2ccccc2)O1. The van der Waals surface area contributed by atoms with E-state index >= 15 is 0 Å². The molecule has 0 saturated carbocycles. The molecular weight excluding hydrogens is 369 g/mol. The lowest BCUT2D eigenvalue weighted by atomic mass is 10.4. The summed E-state index contributed by atoms with van der Waals surface area (Å²) in [7, 11) is -7.95. The Morgan fingerprint density at radius 1 is 0.542 bits per heavy atom. The molecule has 0 N–H and O–H groups in total. The maximum atomic E-state index is 6.43. The van der Waals surface area contributed by atoms with Gasteiger partial charge in [0.25, 0.3) is 0 Å². The lowest BCUT2D eigenvalue weighted by Gasteiger charge is -2.39. The van der Waals surface area contributed by atoms with Crippen LogP contribution in [0.25, 0.3) is 0 Å². The second kappa shape index (κ2) is 7.18. The van der Waals surface area contributed by atoms with Gasteiger partial charge in [-0.15, -0.1) is 0 Å². The average Bonchev–Trinajstić information content (AvgIpc) is 2.53. The standard InChI is InChI=1S/C16H22O4Si4/c1-23(2)17-21(15-11-7-5-8-12-15)19-24(3,4)20-22(18-23)16-13-9-6-10-14-16/h5-14H,1-4H3. The third-order valence-electron chi connectivity index (χ3n) is 3.37. The van der Waals surface area contributed by atoms with Crippen LogP contribution in [0.4, 0.5) is 0 Å². The fraction of sp³-hybridized carbons (Fsp3) is 0.250. The van der Waals surface area contributed by atoms with Crippen molar-refractivity contribution in [1.29, 1.82) is 0 Å². The average molecular weight is 391 g/mol. The topological polar surface area (TPSA) is 36.9 Å². The largest absolute Gasteiger partial charge is 0.411 e. The maximum absolute atomic E-state index is 6.43. The molecule has 0 aromatic heterocycles. The van der Waals surface area contributed by atoms with Gasteiger partial charge < -0.3 is 16.5 Å². The summed E-state index contributed by atoms with van der Waals surface area (Å²) in [6.07, 6.45) is 0. The van der Waals surface area contributed by atoms with Crippen molar-refractivity contribution in [1.82, 2.24) is 0 Å². The quantitative estimate of drug-likeness (QED) is 0.737. The Hall–Kier alpha value is -0.852. The third kappa shape index (κ3) is 4.61. The molecule has 3 rings (SSSR count). The van der Waals surface area contributed by atoms with E-state index in [1.54, 1.807) is 0 Å². The summed E-state index contributed by atoms with van der Waals surface area (Å²) in [4.78, 5) is 0. The number of hydrogen-bond donors (Lipinski definition) is 0. The lowest BCUT2D eigenvalue weighted by Crippen LogP contribution is -2.62. The summed E-state index contributed by atoms with van der Waals surface area (Å²) in [6, 6.07) is 20.3. The van der Waals surface area contributed by atoms with Gasteiger partial charge in [0.05, 0.1) is 0 Å². The van der Waals surface area contributed by atoms with Crippen molar-refractivity contribution in [2.75, 3.05) is 0 Å². The van der Waals surface area contributed by atoms with Gasteiger partial charge in [0.1, 0.15) is 0 Å². The van der Waals surface area contributed by atoms with E-state index in [0.717, 1.165) is 10.4 Å². The highest BCUT2D eigenvalue weighted by Gasteiger charge is 2.46. The Bertz CT molecular complexity index is 591. The van der Waals surface area contributed by atoms with E-state index in [0.29, 0.717) is 0 Å². The molecule has 24 heavy (non-hydrogen) atoms. The highest BCUT2D eigenvalue weighted by Crippen LogP contribution is 2.21. The molecule has 2 aromatic rings. The molecular formula is C16H22O4Si4. The minimum atomic E-state index is -2.36. The van der Waals surface area contributed by atoms with Crippen molar-refractivity contribution >= 4 is 46.1 Å². The summed E-state index contributed by atoms with van der Waals surface area (Å²) >= 11 is 0. The molecule has 0 spiro atoms. The van der Waals surface area contributed by atoms with E-state index in [9.17, 15) is 0 Å². The molecule has 1 fully saturated rings. The van der Waals surface area contributed by atoms with Crippen LogP contribution in [0, 0.1) is 0 Å². The van der Waals surface area contributed by atoms with Crippen LogP contribution in [0.3, 0.4) is 0 Å². The van der Waals surface area contributed by atoms with Gasteiger partial charge >= 0.3 is 35.7 Å². The van der Waals surface area contributed by atoms with Crippen LogP contribution in [-0.4, -0.2) is 35.7 Å². The molecule has 0 bridgehead atoms. The van der Waals surface area contributed by atoms with Crippen molar-refractivity contribution in [3.8, 4) is 0 Å². The molecule has 126 valence electrons. The first-order chi connectivity index (χ1) is 11.3. The summed E-state index contributed by atoms with van der Waals surface area (Å²) in [5, 5.41) is 2.21. The fourth-order valence-corrected chi connectivity index (χ4v) is 14.5. The van der Waals surface area contributed by atoms with Crippen LogP contribution < -0.4 is 10.4 Å². The second-order valence-electron chi connectivity index (χ2n) is 6.51. The molecule has 1 heterocycles. The van der Waals surface area contributed by atoms with Gasteiger partial charge in [-0.05, 0) is 36.6 Å². The van der Waals surface area contributed by atoms with Gasteiger partial charge in [0.2, 0.25) is 0 Å². The molecule has 1 saturated heterocycles. The van der Waals surface area contributed by atoms with E-state index in [2.05, 4.69) is 50.5 Å². The van der Waals surface area contributed by atoms with Crippen molar-refractivity contribution in [3.63, 3.8) is 0 Å². The van der Waals surface area contributed by atoms with Crippen LogP contribution >= 0.6 is 0 Å². The monoisotopic (exact) mass is 390 g/mol. The van der Waals surface area contributed by atoms with Gasteiger partial charge in [-0.1, -0.05) is 60.7 Å². The maximum Gasteiger partial charge on any atom is 0.404 e. The third-order valence-corrected chi connectivity index (χ3v) is 15.8. The second-order valence-corrected chi connectivity index (χ2v) is 17.7. The van der Waals surface area contributed by atoms with E-state index in [4.69, 9.17) is 16.5 Å². The molecule has 0 atom stereocenters. The Morgan fingerprint density at radius 2 is 0.833 bits per heavy atom. The zero-order chi connectivity index (χ0) is 17.2. The number of benzene rings is 2. The van der Waals surface area contributed by atoms with Crippen molar-refractivity contribution in [2.24, 2.45) is 0 Å². The predicted octanol–water partition coefficient (Wildman–Crippen LogP) is 2.26. The molecule has 1 aliphatic heterocycles. The summed E-state index contributed by atoms with van der Waals surface area (Å²) in [6.45, 7) is 8.28. The van der Waals surface area contributed by atoms with Crippen LogP contribution in [0.2, 0.25) is 26.2 Å². The summed E-state index contributed by atoms with van der Waals surface area (Å²) in [5.74, 6) is 0. The zero-order valence-electron chi connectivity index (χ0n) is 14.4. The lowest BCUT2D eigenvalue weighted by molar-refractivity contribution is 0.272. The molecule has 1 aliphatic rings. The highest BCUT2D eigenvalue weighted by molar-refractivity contribution is 6.90. The van der Waals surface area contributed by atoms with Gasteiger partial charge in [0.15, 0.2) is 0 Å². The number of rotatable bonds is 2. The van der Waals surface area contributed by atoms with E-state index in [1.807, 2.05) is 36.4 Å². The smallest absolute Gasteiger partial charge is 0.404 e. The molecule has 8 heteroatoms. The number of hydrogen-bond acceptors (Lipinski definition) is 4. The Morgan fingerprint density at radius 3 is 1.12 bits per heavy atom. The first-order valence-corrected chi connectivity index (χ1v) is 16.2. The Balaban J connectivity index is 1.89. The van der Waals surface area contributed by atoms with E-state index < -0.39 is 35.7 Å². The van der Waals surface area contributed by atoms with Crippen LogP contribution in [0.15, 0.2) is 60.7 Å². The minimum Gasteiger partial charge on any atom is -0.411 e. The van der Waals surface area contributed by atoms with Crippen LogP contribution in [0.5, 0.6) is 0 Å². The molecule has 2 aromatic carbocycles. The molecule has 0 aliphatic carbocycles. The molecule has 2 radical (unpaired) electrons. The van der Waals surface area contributed by atoms with Gasteiger partial charge in [-0.25, -0.2) is 0 Å². The van der Waals surface area contributed by atoms with Gasteiger partial charge in [-0.3, -0.25) is 0 Å². The first-order valence-electron chi connectivity index (χ1n) is 7.95. The highest BCUT2D eigenvalue weighted by atomic mass is 28.5. The normalized spacial score (nSPS) is 21.8. The van der Waals surface area contributed by atoms with E-state index in [-0.39, 0.29) is 0 Å². The minimum absolute atomic E-state index is 1.10.